The van der Waals surface area contributed by atoms with E-state index in [9.17, 15) is 0 Å². The average molecular weight is 1090 g/mol. The summed E-state index contributed by atoms with van der Waals surface area (Å²) in [6, 6.07) is 87.0. The maximum atomic E-state index is 3.75. The van der Waals surface area contributed by atoms with Crippen molar-refractivity contribution >= 4 is 12.2 Å². The Morgan fingerprint density at radius 2 is 0.542 bits per heavy atom. The quantitative estimate of drug-likeness (QED) is 0.0846. The third kappa shape index (κ3) is 22.2. The number of rotatable bonds is 16. The maximum Gasteiger partial charge on any atom is -0.0184 e. The highest BCUT2D eigenvalue weighted by Gasteiger charge is 2.02. The molecule has 0 bridgehead atoms. The second kappa shape index (κ2) is 35.1. The topological polar surface area (TPSA) is 0 Å². The molecule has 0 atom stereocenters. The molecule has 0 spiro atoms. The first-order chi connectivity index (χ1) is 40.5. The molecule has 0 fully saturated rings. The molecule has 83 heavy (non-hydrogen) atoms. The van der Waals surface area contributed by atoms with Crippen LogP contribution in [0.3, 0.4) is 0 Å². The summed E-state index contributed by atoms with van der Waals surface area (Å²) in [4.78, 5) is 0. The third-order valence-corrected chi connectivity index (χ3v) is 14.5. The minimum Gasteiger partial charge on any atom is -0.103 e. The van der Waals surface area contributed by atoms with Gasteiger partial charge < -0.3 is 0 Å². The molecule has 420 valence electrons. The van der Waals surface area contributed by atoms with Gasteiger partial charge in [-0.3, -0.25) is 0 Å². The van der Waals surface area contributed by atoms with Gasteiger partial charge in [-0.2, -0.15) is 0 Å². The Labute approximate surface area is 501 Å². The molecule has 0 aliphatic rings. The van der Waals surface area contributed by atoms with E-state index in [1.807, 2.05) is 19.1 Å². The molecule has 0 unspecified atom stereocenters. The zero-order valence-electron chi connectivity index (χ0n) is 50.9. The fourth-order valence-corrected chi connectivity index (χ4v) is 9.18. The fraction of sp³-hybridized carbons (Fsp3) is 0.181. The molecule has 0 amide bonds. The van der Waals surface area contributed by atoms with Crippen molar-refractivity contribution in [2.45, 2.75) is 100 Å². The highest BCUT2D eigenvalue weighted by molar-refractivity contribution is 5.68. The smallest absolute Gasteiger partial charge is 0.0184 e. The van der Waals surface area contributed by atoms with Crippen molar-refractivity contribution in [3.05, 3.63) is 336 Å². The standard InChI is InChI=1S/C18H20.C17H20.C17H18.C16H16.C15H14/c1-3-4-5-6-16-9-13-18(14-10-16)17-11-7-15(2)8-12-17;2*1-3-4-5-15-8-12-17(13-9-15)16-10-6-14(2)7-11-16;1-3-4-14-7-11-16(12-8-14)15-9-5-13(2)6-10-15;1-3-13-6-10-15(11-7-13)14-8-4-12(2)5-9-14/h3-4,7-14H,5-6H2,1-2H3;6-13H,3-5H2,1-2H3;3,6-13H,1,4-5H2,2H3;3-12H,1-2H3;3-11H,1H2,2H3/b4-3+;;;4-3+;. The zero-order chi connectivity index (χ0) is 59.0. The van der Waals surface area contributed by atoms with E-state index in [1.165, 1.54) is 125 Å². The molecule has 10 aromatic rings. The van der Waals surface area contributed by atoms with E-state index < -0.39 is 0 Å². The number of unbranched alkanes of at least 4 members (excludes halogenated alkanes) is 1. The SMILES string of the molecule is C/C=C/CCc1ccc(-c2ccc(C)cc2)cc1.C/C=C/c1ccc(-c2ccc(C)cc2)cc1.C=CCCc1ccc(-c2ccc(C)cc2)cc1.C=Cc1ccc(-c2ccc(C)cc2)cc1.CCCCc1ccc(-c2ccc(C)cc2)cc1. The molecule has 0 saturated heterocycles. The lowest BCUT2D eigenvalue weighted by molar-refractivity contribution is 0.795. The largest absolute Gasteiger partial charge is 0.103 e. The van der Waals surface area contributed by atoms with Crippen LogP contribution in [0.5, 0.6) is 0 Å². The predicted octanol–water partition coefficient (Wildman–Crippen LogP) is 24.0. The lowest BCUT2D eigenvalue weighted by Gasteiger charge is -2.04. The molecular formula is C83H88. The number of aryl methyl sites for hydroxylation is 8. The van der Waals surface area contributed by atoms with Gasteiger partial charge in [0.15, 0.2) is 0 Å². The van der Waals surface area contributed by atoms with Gasteiger partial charge in [-0.15, -0.1) is 6.58 Å². The molecule has 0 N–H and O–H groups in total. The molecule has 0 aliphatic carbocycles. The van der Waals surface area contributed by atoms with Gasteiger partial charge in [0, 0.05) is 0 Å². The zero-order valence-corrected chi connectivity index (χ0v) is 50.9. The Kier molecular flexibility index (Phi) is 26.8. The van der Waals surface area contributed by atoms with E-state index in [0.29, 0.717) is 0 Å². The monoisotopic (exact) mass is 1080 g/mol. The number of hydrogen-bond donors (Lipinski definition) is 0. The average Bonchev–Trinajstić information content (AvgIpc) is 3.60. The van der Waals surface area contributed by atoms with Crippen molar-refractivity contribution in [3.8, 4) is 55.6 Å². The van der Waals surface area contributed by atoms with Crippen molar-refractivity contribution in [1.82, 2.24) is 0 Å². The first-order valence-corrected chi connectivity index (χ1v) is 29.8. The van der Waals surface area contributed by atoms with E-state index in [-0.39, 0.29) is 0 Å². The Morgan fingerprint density at radius 3 is 0.795 bits per heavy atom. The van der Waals surface area contributed by atoms with Crippen LogP contribution in [-0.2, 0) is 19.3 Å². The van der Waals surface area contributed by atoms with Gasteiger partial charge in [0.05, 0.1) is 0 Å². The first kappa shape index (κ1) is 63.3. The highest BCUT2D eigenvalue weighted by Crippen LogP contribution is 2.25. The summed E-state index contributed by atoms with van der Waals surface area (Å²) in [5, 5.41) is 0. The molecule has 0 heterocycles. The van der Waals surface area contributed by atoms with Gasteiger partial charge in [0.1, 0.15) is 0 Å². The number of benzene rings is 10. The molecule has 10 rings (SSSR count). The lowest BCUT2D eigenvalue weighted by atomic mass is 10.0. The van der Waals surface area contributed by atoms with E-state index >= 15 is 0 Å². The van der Waals surface area contributed by atoms with E-state index in [1.54, 1.807) is 0 Å². The molecule has 0 aliphatic heterocycles. The molecule has 10 aromatic carbocycles. The van der Waals surface area contributed by atoms with Gasteiger partial charge in [0.2, 0.25) is 0 Å². The van der Waals surface area contributed by atoms with Crippen molar-refractivity contribution in [1.29, 1.82) is 0 Å². The van der Waals surface area contributed by atoms with Crippen LogP contribution < -0.4 is 0 Å². The van der Waals surface area contributed by atoms with Crippen LogP contribution >= 0.6 is 0 Å². The Morgan fingerprint density at radius 1 is 0.289 bits per heavy atom. The second-order valence-corrected chi connectivity index (χ2v) is 21.4. The number of allylic oxidation sites excluding steroid dienone is 4. The summed E-state index contributed by atoms with van der Waals surface area (Å²) in [6.07, 6.45) is 20.4. The second-order valence-electron chi connectivity index (χ2n) is 21.4. The number of hydrogen-bond acceptors (Lipinski definition) is 0. The highest BCUT2D eigenvalue weighted by atomic mass is 14.1. The van der Waals surface area contributed by atoms with Gasteiger partial charge in [-0.1, -0.05) is 327 Å². The summed E-state index contributed by atoms with van der Waals surface area (Å²) in [5.74, 6) is 0. The van der Waals surface area contributed by atoms with Gasteiger partial charge in [-0.05, 0) is 170 Å². The maximum absolute atomic E-state index is 3.75. The summed E-state index contributed by atoms with van der Waals surface area (Å²) < 4.78 is 0. The first-order valence-electron chi connectivity index (χ1n) is 29.8. The van der Waals surface area contributed by atoms with Gasteiger partial charge >= 0.3 is 0 Å². The molecule has 0 saturated carbocycles. The van der Waals surface area contributed by atoms with Gasteiger partial charge in [-0.25, -0.2) is 0 Å². The summed E-state index contributed by atoms with van der Waals surface area (Å²) >= 11 is 0. The Bertz CT molecular complexity index is 3460. The lowest BCUT2D eigenvalue weighted by Crippen LogP contribution is -1.85. The van der Waals surface area contributed by atoms with Crippen LogP contribution in [0.2, 0.25) is 0 Å². The third-order valence-electron chi connectivity index (χ3n) is 14.5. The van der Waals surface area contributed by atoms with E-state index in [2.05, 4.69) is 329 Å². The van der Waals surface area contributed by atoms with Crippen molar-refractivity contribution in [2.24, 2.45) is 0 Å². The molecule has 0 nitrogen and oxygen atoms in total. The van der Waals surface area contributed by atoms with Crippen LogP contribution in [0.4, 0.5) is 0 Å². The van der Waals surface area contributed by atoms with Crippen LogP contribution in [-0.4, -0.2) is 0 Å². The minimum atomic E-state index is 1.05. The van der Waals surface area contributed by atoms with Crippen LogP contribution in [0.1, 0.15) is 102 Å². The van der Waals surface area contributed by atoms with E-state index in [0.717, 1.165) is 31.2 Å². The van der Waals surface area contributed by atoms with Crippen molar-refractivity contribution in [2.75, 3.05) is 0 Å². The fourth-order valence-electron chi connectivity index (χ4n) is 9.18. The molecule has 0 aromatic heterocycles. The molecular weight excluding hydrogens is 997 g/mol. The summed E-state index contributed by atoms with van der Waals surface area (Å²) in [6.45, 7) is 24.4. The molecule has 0 radical (unpaired) electrons. The minimum absolute atomic E-state index is 1.05. The summed E-state index contributed by atoms with van der Waals surface area (Å²) in [7, 11) is 0. The summed E-state index contributed by atoms with van der Waals surface area (Å²) in [5.41, 5.74) is 26.0. The Hall–Kier alpha value is -8.84. The molecule has 0 heteroatoms. The normalized spacial score (nSPS) is 10.5. The van der Waals surface area contributed by atoms with Crippen molar-refractivity contribution in [3.63, 3.8) is 0 Å². The van der Waals surface area contributed by atoms with Crippen LogP contribution in [0.15, 0.2) is 280 Å². The predicted molar refractivity (Wildman–Crippen MR) is 368 cm³/mol. The van der Waals surface area contributed by atoms with Gasteiger partial charge in [0.25, 0.3) is 0 Å². The van der Waals surface area contributed by atoms with E-state index in [4.69, 9.17) is 0 Å². The van der Waals surface area contributed by atoms with Crippen LogP contribution in [0, 0.1) is 34.6 Å². The Balaban J connectivity index is 0.000000167. The van der Waals surface area contributed by atoms with Crippen molar-refractivity contribution < 1.29 is 0 Å². The van der Waals surface area contributed by atoms with Crippen LogP contribution in [0.25, 0.3) is 67.8 Å².